The Morgan fingerprint density at radius 3 is 2.38 bits per heavy atom. The molecule has 0 unspecified atom stereocenters. The molecule has 7 nitrogen and oxygen atoms in total. The summed E-state index contributed by atoms with van der Waals surface area (Å²) in [7, 11) is 0. The number of aryl methyl sites for hydroxylation is 1. The van der Waals surface area contributed by atoms with E-state index in [1.165, 1.54) is 37.9 Å². The Bertz CT molecular complexity index is 1710. The molecule has 184 valence electrons. The monoisotopic (exact) mass is 490 g/mol. The minimum Gasteiger partial charge on any atom is -0.394 e. The molecule has 1 heterocycles. The van der Waals surface area contributed by atoms with Crippen molar-refractivity contribution in [2.45, 2.75) is 25.3 Å². The molecule has 1 atom stereocenters. The van der Waals surface area contributed by atoms with Crippen LogP contribution in [0.4, 0.5) is 5.95 Å². The first-order valence-corrected chi connectivity index (χ1v) is 12.4. The quantitative estimate of drug-likeness (QED) is 0.228. The summed E-state index contributed by atoms with van der Waals surface area (Å²) in [6.07, 6.45) is 1.60. The van der Waals surface area contributed by atoms with Crippen molar-refractivity contribution in [3.8, 4) is 0 Å². The Morgan fingerprint density at radius 1 is 0.865 bits per heavy atom. The lowest BCUT2D eigenvalue weighted by Crippen LogP contribution is -2.46. The number of aromatic nitrogens is 2. The highest BCUT2D eigenvalue weighted by atomic mass is 16.3. The van der Waals surface area contributed by atoms with Crippen LogP contribution >= 0.6 is 0 Å². The Morgan fingerprint density at radius 2 is 1.59 bits per heavy atom. The second-order valence-corrected chi connectivity index (χ2v) is 9.33. The number of H-pyrrole nitrogens is 1. The molecule has 4 N–H and O–H groups in total. The van der Waals surface area contributed by atoms with Crippen molar-refractivity contribution in [3.05, 3.63) is 84.4 Å². The van der Waals surface area contributed by atoms with Crippen LogP contribution in [0.15, 0.2) is 78.9 Å². The number of carbonyl (C=O) groups excluding carboxylic acids is 2. The third kappa shape index (κ3) is 4.34. The van der Waals surface area contributed by atoms with Crippen LogP contribution in [-0.4, -0.2) is 39.5 Å². The second-order valence-electron chi connectivity index (χ2n) is 9.33. The number of amides is 2. The average Bonchev–Trinajstić information content (AvgIpc) is 3.33. The summed E-state index contributed by atoms with van der Waals surface area (Å²) in [4.78, 5) is 32.5. The van der Waals surface area contributed by atoms with Crippen molar-refractivity contribution >= 4 is 61.1 Å². The van der Waals surface area contributed by atoms with E-state index in [1.807, 2.05) is 24.3 Å². The Kier molecular flexibility index (Phi) is 5.90. The van der Waals surface area contributed by atoms with Crippen LogP contribution in [0.25, 0.3) is 43.4 Å². The summed E-state index contributed by atoms with van der Waals surface area (Å²) < 4.78 is 0. The number of aliphatic hydroxyl groups is 1. The molecule has 2 amide bonds. The van der Waals surface area contributed by atoms with Gasteiger partial charge in [-0.3, -0.25) is 14.9 Å². The molecule has 5 aromatic carbocycles. The third-order valence-electron chi connectivity index (χ3n) is 6.93. The van der Waals surface area contributed by atoms with E-state index in [0.717, 1.165) is 11.9 Å². The standard InChI is InChI=1S/C30H26N4O3/c35-17-25(29(37)34-30-32-23-8-1-2-9-24(23)33-30)31-26(36)10-4-5-18-11-12-21-14-13-19-6-3-7-20-15-16-22(18)28(21)27(19)20/h1-3,6-9,11-16,25,35H,4-5,10,17H2,(H,31,36)(H2,32,33,34,37)/t25-/m0/s1. The summed E-state index contributed by atoms with van der Waals surface area (Å²) in [5.41, 5.74) is 2.70. The van der Waals surface area contributed by atoms with E-state index in [2.05, 4.69) is 75.2 Å². The molecule has 37 heavy (non-hydrogen) atoms. The molecular formula is C30H26N4O3. The summed E-state index contributed by atoms with van der Waals surface area (Å²) >= 11 is 0. The number of hydrogen-bond donors (Lipinski definition) is 4. The molecule has 6 rings (SSSR count). The lowest BCUT2D eigenvalue weighted by molar-refractivity contribution is -0.127. The number of nitrogens with one attached hydrogen (secondary N) is 3. The van der Waals surface area contributed by atoms with Gasteiger partial charge in [0.05, 0.1) is 17.6 Å². The molecule has 0 spiro atoms. The van der Waals surface area contributed by atoms with E-state index in [0.29, 0.717) is 11.9 Å². The van der Waals surface area contributed by atoms with Crippen LogP contribution in [0.5, 0.6) is 0 Å². The normalized spacial score (nSPS) is 12.5. The van der Waals surface area contributed by atoms with Crippen molar-refractivity contribution in [2.75, 3.05) is 11.9 Å². The fraction of sp³-hybridized carbons (Fsp3) is 0.167. The number of nitrogens with zero attached hydrogens (tertiary/aromatic N) is 1. The summed E-state index contributed by atoms with van der Waals surface area (Å²) in [5, 5.41) is 22.4. The smallest absolute Gasteiger partial charge is 0.251 e. The van der Waals surface area contributed by atoms with E-state index >= 15 is 0 Å². The zero-order chi connectivity index (χ0) is 25.4. The molecule has 0 aliphatic carbocycles. The van der Waals surface area contributed by atoms with Gasteiger partial charge in [-0.05, 0) is 62.9 Å². The lowest BCUT2D eigenvalue weighted by Gasteiger charge is -2.16. The minimum atomic E-state index is -1.06. The maximum Gasteiger partial charge on any atom is 0.251 e. The van der Waals surface area contributed by atoms with E-state index in [-0.39, 0.29) is 18.3 Å². The van der Waals surface area contributed by atoms with E-state index in [1.54, 1.807) is 0 Å². The minimum absolute atomic E-state index is 0.246. The molecule has 0 aliphatic heterocycles. The molecule has 0 aliphatic rings. The number of para-hydroxylation sites is 2. The SMILES string of the molecule is O=C(CCCc1ccc2ccc3cccc4ccc1c2c34)N[C@@H](CO)C(=O)Nc1nc2ccccc2[nH]1. The molecule has 0 saturated heterocycles. The molecule has 6 aromatic rings. The molecular weight excluding hydrogens is 464 g/mol. The van der Waals surface area contributed by atoms with Crippen molar-refractivity contribution in [1.29, 1.82) is 0 Å². The number of aliphatic hydroxyl groups excluding tert-OH is 1. The van der Waals surface area contributed by atoms with Crippen molar-refractivity contribution in [1.82, 2.24) is 15.3 Å². The highest BCUT2D eigenvalue weighted by Gasteiger charge is 2.21. The van der Waals surface area contributed by atoms with Gasteiger partial charge in [-0.25, -0.2) is 4.98 Å². The van der Waals surface area contributed by atoms with Crippen LogP contribution < -0.4 is 10.6 Å². The Labute approximate surface area is 212 Å². The second kappa shape index (κ2) is 9.52. The first-order chi connectivity index (χ1) is 18.1. The van der Waals surface area contributed by atoms with Gasteiger partial charge in [0.2, 0.25) is 11.9 Å². The van der Waals surface area contributed by atoms with Gasteiger partial charge in [0.1, 0.15) is 6.04 Å². The van der Waals surface area contributed by atoms with Crippen LogP contribution in [0.2, 0.25) is 0 Å². The lowest BCUT2D eigenvalue weighted by atomic mass is 9.90. The summed E-state index contributed by atoms with van der Waals surface area (Å²) in [5.74, 6) is -0.536. The molecule has 0 fully saturated rings. The van der Waals surface area contributed by atoms with Gasteiger partial charge in [-0.15, -0.1) is 0 Å². The number of carbonyl (C=O) groups is 2. The van der Waals surface area contributed by atoms with Crippen LogP contribution in [-0.2, 0) is 16.0 Å². The highest BCUT2D eigenvalue weighted by Crippen LogP contribution is 2.36. The van der Waals surface area contributed by atoms with Crippen molar-refractivity contribution in [2.24, 2.45) is 0 Å². The number of imidazole rings is 1. The molecule has 0 bridgehead atoms. The topological polar surface area (TPSA) is 107 Å². The van der Waals surface area contributed by atoms with Crippen LogP contribution in [0.3, 0.4) is 0 Å². The maximum atomic E-state index is 12.6. The fourth-order valence-corrected chi connectivity index (χ4v) is 5.13. The third-order valence-corrected chi connectivity index (χ3v) is 6.93. The molecule has 0 radical (unpaired) electrons. The summed E-state index contributed by atoms with van der Waals surface area (Å²) in [6, 6.07) is 25.6. The van der Waals surface area contributed by atoms with Gasteiger partial charge < -0.3 is 15.4 Å². The maximum absolute atomic E-state index is 12.6. The highest BCUT2D eigenvalue weighted by molar-refractivity contribution is 6.23. The zero-order valence-corrected chi connectivity index (χ0v) is 20.1. The van der Waals surface area contributed by atoms with Gasteiger partial charge in [-0.1, -0.05) is 66.7 Å². The van der Waals surface area contributed by atoms with Crippen molar-refractivity contribution in [3.63, 3.8) is 0 Å². The number of rotatable bonds is 8. The Balaban J connectivity index is 1.10. The number of benzene rings is 5. The number of hydrogen-bond acceptors (Lipinski definition) is 4. The Hall–Kier alpha value is -4.49. The number of anilines is 1. The predicted molar refractivity (Wildman–Crippen MR) is 147 cm³/mol. The van der Waals surface area contributed by atoms with Gasteiger partial charge >= 0.3 is 0 Å². The van der Waals surface area contributed by atoms with E-state index in [4.69, 9.17) is 0 Å². The number of fused-ring (bicyclic) bond motifs is 1. The number of aromatic amines is 1. The van der Waals surface area contributed by atoms with E-state index < -0.39 is 18.6 Å². The van der Waals surface area contributed by atoms with Gasteiger partial charge in [0.25, 0.3) is 5.91 Å². The predicted octanol–water partition coefficient (Wildman–Crippen LogP) is 4.90. The summed E-state index contributed by atoms with van der Waals surface area (Å²) in [6.45, 7) is -0.507. The van der Waals surface area contributed by atoms with Crippen molar-refractivity contribution < 1.29 is 14.7 Å². The van der Waals surface area contributed by atoms with Gasteiger partial charge in [-0.2, -0.15) is 0 Å². The van der Waals surface area contributed by atoms with Crippen LogP contribution in [0.1, 0.15) is 18.4 Å². The first kappa shape index (κ1) is 22.9. The van der Waals surface area contributed by atoms with E-state index in [9.17, 15) is 14.7 Å². The molecule has 1 aromatic heterocycles. The average molecular weight is 491 g/mol. The van der Waals surface area contributed by atoms with Gasteiger partial charge in [0.15, 0.2) is 0 Å². The largest absolute Gasteiger partial charge is 0.394 e. The fourth-order valence-electron chi connectivity index (χ4n) is 5.13. The zero-order valence-electron chi connectivity index (χ0n) is 20.1. The molecule has 7 heteroatoms. The van der Waals surface area contributed by atoms with Gasteiger partial charge in [0, 0.05) is 6.42 Å². The molecule has 0 saturated carbocycles. The first-order valence-electron chi connectivity index (χ1n) is 12.4. The van der Waals surface area contributed by atoms with Crippen LogP contribution in [0, 0.1) is 0 Å².